The number of likely N-dealkylation sites (N-methyl/N-ethyl adjacent to an activating group) is 1. The molecule has 5 rings (SSSR count). The van der Waals surface area contributed by atoms with Crippen LogP contribution in [-0.2, 0) is 6.54 Å². The number of nitrogens with zero attached hydrogens (tertiary/aromatic N) is 5. The Hall–Kier alpha value is -3.40. The van der Waals surface area contributed by atoms with Gasteiger partial charge in [-0.3, -0.25) is 9.48 Å². The minimum absolute atomic E-state index is 0.0874. The molecule has 1 saturated heterocycles. The van der Waals surface area contributed by atoms with Crippen LogP contribution in [0.3, 0.4) is 0 Å². The second kappa shape index (κ2) is 10.1. The van der Waals surface area contributed by atoms with E-state index in [1.165, 1.54) is 32.1 Å². The summed E-state index contributed by atoms with van der Waals surface area (Å²) < 4.78 is 7.50. The van der Waals surface area contributed by atoms with Crippen LogP contribution in [0.4, 0.5) is 11.8 Å². The monoisotopic (exact) mass is 478 g/mol. The first-order chi connectivity index (χ1) is 17.0. The van der Waals surface area contributed by atoms with Crippen LogP contribution in [-0.4, -0.2) is 70.4 Å². The van der Waals surface area contributed by atoms with Crippen molar-refractivity contribution in [2.75, 3.05) is 44.8 Å². The molecule has 10 heteroatoms. The maximum Gasteiger partial charge on any atom is 0.251 e. The van der Waals surface area contributed by atoms with Gasteiger partial charge in [-0.2, -0.15) is 10.1 Å². The van der Waals surface area contributed by atoms with E-state index in [0.29, 0.717) is 35.1 Å². The molecule has 2 aromatic heterocycles. The zero-order valence-electron chi connectivity index (χ0n) is 20.5. The molecule has 3 heterocycles. The molecule has 1 aliphatic heterocycles. The molecule has 2 aliphatic rings. The Balaban J connectivity index is 1.36. The molecule has 3 aromatic rings. The van der Waals surface area contributed by atoms with E-state index >= 15 is 0 Å². The van der Waals surface area contributed by atoms with Crippen LogP contribution in [0.25, 0.3) is 11.0 Å². The normalized spacial score (nSPS) is 17.3. The first-order valence-electron chi connectivity index (χ1n) is 12.4. The largest absolute Gasteiger partial charge is 0.496 e. The van der Waals surface area contributed by atoms with E-state index in [1.807, 2.05) is 23.9 Å². The van der Waals surface area contributed by atoms with Gasteiger partial charge in [-0.25, -0.2) is 4.98 Å². The summed E-state index contributed by atoms with van der Waals surface area (Å²) in [5, 5.41) is 11.1. The second-order valence-corrected chi connectivity index (χ2v) is 9.77. The zero-order chi connectivity index (χ0) is 24.4. The molecular weight excluding hydrogens is 444 g/mol. The van der Waals surface area contributed by atoms with Gasteiger partial charge < -0.3 is 26.0 Å². The number of anilines is 2. The van der Waals surface area contributed by atoms with E-state index in [-0.39, 0.29) is 17.9 Å². The van der Waals surface area contributed by atoms with Gasteiger partial charge in [-0.15, -0.1) is 0 Å². The number of amides is 1. The maximum atomic E-state index is 12.7. The third-order valence-corrected chi connectivity index (χ3v) is 7.06. The topological polar surface area (TPSA) is 123 Å². The number of carbonyl (C=O) groups excluding carboxylic acids is 1. The smallest absolute Gasteiger partial charge is 0.251 e. The number of nitrogens with two attached hydrogens (primary N) is 1. The fourth-order valence-corrected chi connectivity index (χ4v) is 5.13. The van der Waals surface area contributed by atoms with Gasteiger partial charge >= 0.3 is 0 Å². The molecule has 0 unspecified atom stereocenters. The van der Waals surface area contributed by atoms with Crippen LogP contribution in [0.15, 0.2) is 24.4 Å². The van der Waals surface area contributed by atoms with Crippen LogP contribution in [0.2, 0.25) is 0 Å². The molecular formula is C25H34N8O2. The molecule has 2 fully saturated rings. The van der Waals surface area contributed by atoms with Crippen LogP contribution >= 0.6 is 0 Å². The molecule has 0 spiro atoms. The number of ether oxygens (including phenoxy) is 1. The van der Waals surface area contributed by atoms with Crippen LogP contribution in [0, 0.1) is 5.92 Å². The van der Waals surface area contributed by atoms with Gasteiger partial charge in [-0.1, -0.05) is 25.3 Å². The summed E-state index contributed by atoms with van der Waals surface area (Å²) in [4.78, 5) is 23.7. The van der Waals surface area contributed by atoms with Crippen molar-refractivity contribution in [3.8, 4) is 5.75 Å². The summed E-state index contributed by atoms with van der Waals surface area (Å²) in [6.07, 6.45) is 8.10. The number of aromatic nitrogens is 4. The lowest BCUT2D eigenvalue weighted by molar-refractivity contribution is 0.0857. The van der Waals surface area contributed by atoms with Crippen molar-refractivity contribution < 1.29 is 9.53 Å². The summed E-state index contributed by atoms with van der Waals surface area (Å²) in [5.41, 5.74) is 8.98. The van der Waals surface area contributed by atoms with E-state index in [2.05, 4.69) is 30.6 Å². The third-order valence-electron chi connectivity index (χ3n) is 7.06. The first kappa shape index (κ1) is 23.3. The Labute approximate surface area is 205 Å². The van der Waals surface area contributed by atoms with Crippen LogP contribution < -0.4 is 21.1 Å². The van der Waals surface area contributed by atoms with Gasteiger partial charge in [0.15, 0.2) is 5.82 Å². The highest BCUT2D eigenvalue weighted by Crippen LogP contribution is 2.28. The number of rotatable bonds is 8. The van der Waals surface area contributed by atoms with Crippen molar-refractivity contribution in [3.63, 3.8) is 0 Å². The average molecular weight is 479 g/mol. The molecule has 10 nitrogen and oxygen atoms in total. The van der Waals surface area contributed by atoms with E-state index in [0.717, 1.165) is 30.7 Å². The Kier molecular flexibility index (Phi) is 6.72. The van der Waals surface area contributed by atoms with E-state index in [1.54, 1.807) is 19.4 Å². The van der Waals surface area contributed by atoms with Crippen molar-refractivity contribution in [2.45, 2.75) is 44.7 Å². The standard InChI is InChI=1S/C25H34N8O2/c1-32-14-19(15-32)29-24(34)17-8-9-18(21(10-17)35-2)13-33-22-20(12-28-33)30-25(26)31-23(22)27-11-16-6-4-3-5-7-16/h8-10,12,16,19H,3-7,11,13-15H2,1-2H3,(H,29,34)(H3,26,27,30,31). The highest BCUT2D eigenvalue weighted by molar-refractivity contribution is 5.95. The Morgan fingerprint density at radius 3 is 2.74 bits per heavy atom. The predicted molar refractivity (Wildman–Crippen MR) is 136 cm³/mol. The van der Waals surface area contributed by atoms with Crippen molar-refractivity contribution in [1.82, 2.24) is 30.0 Å². The summed E-state index contributed by atoms with van der Waals surface area (Å²) in [6, 6.07) is 5.73. The second-order valence-electron chi connectivity index (χ2n) is 9.77. The number of methoxy groups -OCH3 is 1. The number of carbonyl (C=O) groups is 1. The quantitative estimate of drug-likeness (QED) is 0.451. The van der Waals surface area contributed by atoms with Gasteiger partial charge in [0, 0.05) is 30.8 Å². The summed E-state index contributed by atoms with van der Waals surface area (Å²) in [7, 11) is 3.65. The van der Waals surface area contributed by atoms with Gasteiger partial charge in [0.05, 0.1) is 25.9 Å². The van der Waals surface area contributed by atoms with E-state index < -0.39 is 0 Å². The number of likely N-dealkylation sites (tertiary alicyclic amines) is 1. The van der Waals surface area contributed by atoms with Crippen LogP contribution in [0.1, 0.15) is 48.0 Å². The van der Waals surface area contributed by atoms with Crippen molar-refractivity contribution >= 4 is 28.7 Å². The SMILES string of the molecule is COc1cc(C(=O)NC2CN(C)C2)ccc1Cn1ncc2nc(N)nc(NCC3CCCCC3)c21. The van der Waals surface area contributed by atoms with Gasteiger partial charge in [0.2, 0.25) is 5.95 Å². The number of fused-ring (bicyclic) bond motifs is 1. The molecule has 1 saturated carbocycles. The minimum atomic E-state index is -0.0874. The molecule has 0 atom stereocenters. The number of nitrogens with one attached hydrogen (secondary N) is 2. The predicted octanol–water partition coefficient (Wildman–Crippen LogP) is 2.50. The lowest BCUT2D eigenvalue weighted by Gasteiger charge is -2.36. The average Bonchev–Trinajstić information content (AvgIpc) is 3.24. The molecule has 186 valence electrons. The fourth-order valence-electron chi connectivity index (χ4n) is 5.13. The van der Waals surface area contributed by atoms with Gasteiger partial charge in [0.1, 0.15) is 16.8 Å². The minimum Gasteiger partial charge on any atom is -0.496 e. The molecule has 4 N–H and O–H groups in total. The Bertz CT molecular complexity index is 1200. The van der Waals surface area contributed by atoms with E-state index in [4.69, 9.17) is 10.5 Å². The highest BCUT2D eigenvalue weighted by Gasteiger charge is 2.25. The Morgan fingerprint density at radius 1 is 1.20 bits per heavy atom. The molecule has 1 aromatic carbocycles. The highest BCUT2D eigenvalue weighted by atomic mass is 16.5. The first-order valence-corrected chi connectivity index (χ1v) is 12.4. The molecule has 1 amide bonds. The fraction of sp³-hybridized carbons (Fsp3) is 0.520. The molecule has 0 radical (unpaired) electrons. The number of hydrogen-bond donors (Lipinski definition) is 3. The van der Waals surface area contributed by atoms with E-state index in [9.17, 15) is 4.79 Å². The number of nitrogen functional groups attached to an aromatic ring is 1. The number of benzene rings is 1. The summed E-state index contributed by atoms with van der Waals surface area (Å²) >= 11 is 0. The lowest BCUT2D eigenvalue weighted by Crippen LogP contribution is -2.57. The molecule has 1 aliphatic carbocycles. The molecule has 0 bridgehead atoms. The lowest BCUT2D eigenvalue weighted by atomic mass is 9.89. The van der Waals surface area contributed by atoms with Crippen molar-refractivity contribution in [1.29, 1.82) is 0 Å². The van der Waals surface area contributed by atoms with Gasteiger partial charge in [-0.05, 0) is 37.9 Å². The summed E-state index contributed by atoms with van der Waals surface area (Å²) in [5.74, 6) is 2.13. The number of hydrogen-bond acceptors (Lipinski definition) is 8. The van der Waals surface area contributed by atoms with Crippen molar-refractivity contribution in [2.24, 2.45) is 5.92 Å². The van der Waals surface area contributed by atoms with Crippen molar-refractivity contribution in [3.05, 3.63) is 35.5 Å². The maximum absolute atomic E-state index is 12.7. The van der Waals surface area contributed by atoms with Gasteiger partial charge in [0.25, 0.3) is 5.91 Å². The van der Waals surface area contributed by atoms with Crippen LogP contribution in [0.5, 0.6) is 5.75 Å². The zero-order valence-corrected chi connectivity index (χ0v) is 20.5. The molecule has 35 heavy (non-hydrogen) atoms. The third kappa shape index (κ3) is 5.17. The Morgan fingerprint density at radius 2 is 2.00 bits per heavy atom. The summed E-state index contributed by atoms with van der Waals surface area (Å²) in [6.45, 7) is 3.06.